The lowest BCUT2D eigenvalue weighted by Crippen LogP contribution is -2.28. The Labute approximate surface area is 137 Å². The van der Waals surface area contributed by atoms with Crippen molar-refractivity contribution in [2.45, 2.75) is 27.2 Å². The summed E-state index contributed by atoms with van der Waals surface area (Å²) in [7, 11) is 0. The number of anilines is 1. The molecule has 0 aliphatic heterocycles. The van der Waals surface area contributed by atoms with E-state index in [1.807, 2.05) is 6.92 Å². The lowest BCUT2D eigenvalue weighted by atomic mass is 10.2. The zero-order valence-corrected chi connectivity index (χ0v) is 14.1. The van der Waals surface area contributed by atoms with E-state index in [0.717, 1.165) is 0 Å². The maximum Gasteiger partial charge on any atom is 0.257 e. The lowest BCUT2D eigenvalue weighted by Gasteiger charge is -2.09. The first kappa shape index (κ1) is 19.0. The summed E-state index contributed by atoms with van der Waals surface area (Å²) >= 11 is 0. The summed E-state index contributed by atoms with van der Waals surface area (Å²) in [6.45, 7) is 7.61. The molecular formula is C17H26N2O4. The molecule has 0 saturated carbocycles. The van der Waals surface area contributed by atoms with Crippen molar-refractivity contribution in [2.24, 2.45) is 5.92 Å². The van der Waals surface area contributed by atoms with Gasteiger partial charge in [0.2, 0.25) is 5.91 Å². The van der Waals surface area contributed by atoms with Crippen molar-refractivity contribution in [3.8, 4) is 5.75 Å². The maximum atomic E-state index is 11.8. The van der Waals surface area contributed by atoms with Crippen molar-refractivity contribution in [2.75, 3.05) is 31.7 Å². The first-order valence-corrected chi connectivity index (χ1v) is 7.88. The van der Waals surface area contributed by atoms with E-state index in [9.17, 15) is 9.59 Å². The van der Waals surface area contributed by atoms with Crippen LogP contribution in [0.1, 0.15) is 27.2 Å². The number of carbonyl (C=O) groups is 2. The molecule has 0 aromatic heterocycles. The number of carbonyl (C=O) groups excluding carboxylic acids is 2. The normalized spacial score (nSPS) is 10.4. The summed E-state index contributed by atoms with van der Waals surface area (Å²) < 4.78 is 10.7. The van der Waals surface area contributed by atoms with Gasteiger partial charge >= 0.3 is 0 Å². The monoisotopic (exact) mass is 322 g/mol. The molecule has 2 amide bonds. The van der Waals surface area contributed by atoms with Crippen LogP contribution in [0, 0.1) is 5.92 Å². The van der Waals surface area contributed by atoms with Gasteiger partial charge in [-0.3, -0.25) is 9.59 Å². The Kier molecular flexibility index (Phi) is 8.75. The van der Waals surface area contributed by atoms with Gasteiger partial charge in [0.15, 0.2) is 6.61 Å². The summed E-state index contributed by atoms with van der Waals surface area (Å²) in [4.78, 5) is 23.0. The minimum Gasteiger partial charge on any atom is -0.484 e. The number of nitrogens with one attached hydrogen (secondary N) is 2. The van der Waals surface area contributed by atoms with Crippen LogP contribution in [-0.2, 0) is 14.3 Å². The molecule has 0 atom stereocenters. The Balaban J connectivity index is 2.30. The number of hydrogen-bond acceptors (Lipinski definition) is 4. The van der Waals surface area contributed by atoms with Crippen molar-refractivity contribution in [1.82, 2.24) is 5.32 Å². The topological polar surface area (TPSA) is 76.7 Å². The third-order valence-corrected chi connectivity index (χ3v) is 2.81. The number of rotatable bonds is 10. The molecule has 0 bridgehead atoms. The van der Waals surface area contributed by atoms with Crippen molar-refractivity contribution in [1.29, 1.82) is 0 Å². The average Bonchev–Trinajstić information content (AvgIpc) is 2.51. The van der Waals surface area contributed by atoms with Crippen LogP contribution in [0.15, 0.2) is 24.3 Å². The van der Waals surface area contributed by atoms with E-state index in [4.69, 9.17) is 9.47 Å². The number of benzene rings is 1. The third-order valence-electron chi connectivity index (χ3n) is 2.81. The van der Waals surface area contributed by atoms with E-state index in [-0.39, 0.29) is 18.4 Å². The second kappa shape index (κ2) is 10.6. The Morgan fingerprint density at radius 1 is 1.13 bits per heavy atom. The van der Waals surface area contributed by atoms with Crippen LogP contribution in [0.5, 0.6) is 5.75 Å². The molecule has 0 fully saturated rings. The predicted octanol–water partition coefficient (Wildman–Crippen LogP) is 2.20. The molecule has 0 spiro atoms. The second-order valence-corrected chi connectivity index (χ2v) is 5.53. The van der Waals surface area contributed by atoms with E-state index in [2.05, 4.69) is 24.5 Å². The van der Waals surface area contributed by atoms with Gasteiger partial charge in [-0.15, -0.1) is 0 Å². The van der Waals surface area contributed by atoms with E-state index < -0.39 is 0 Å². The van der Waals surface area contributed by atoms with Crippen LogP contribution in [-0.4, -0.2) is 38.2 Å². The van der Waals surface area contributed by atoms with Gasteiger partial charge in [-0.05, 0) is 37.1 Å². The van der Waals surface area contributed by atoms with Gasteiger partial charge < -0.3 is 20.1 Å². The summed E-state index contributed by atoms with van der Waals surface area (Å²) in [5, 5.41) is 5.44. The van der Waals surface area contributed by atoms with Gasteiger partial charge in [-0.2, -0.15) is 0 Å². The predicted molar refractivity (Wildman–Crippen MR) is 89.5 cm³/mol. The summed E-state index contributed by atoms with van der Waals surface area (Å²) in [6.07, 6.45) is 0.322. The Morgan fingerprint density at radius 2 is 1.83 bits per heavy atom. The van der Waals surface area contributed by atoms with Gasteiger partial charge in [-0.25, -0.2) is 0 Å². The zero-order chi connectivity index (χ0) is 17.1. The first-order chi connectivity index (χ1) is 11.0. The summed E-state index contributed by atoms with van der Waals surface area (Å²) in [5.41, 5.74) is 0.684. The van der Waals surface area contributed by atoms with E-state index >= 15 is 0 Å². The van der Waals surface area contributed by atoms with E-state index in [0.29, 0.717) is 43.5 Å². The molecule has 0 aliphatic carbocycles. The Morgan fingerprint density at radius 3 is 2.43 bits per heavy atom. The molecule has 0 unspecified atom stereocenters. The molecule has 1 aromatic rings. The molecule has 1 aromatic carbocycles. The Bertz CT molecular complexity index is 486. The highest BCUT2D eigenvalue weighted by Crippen LogP contribution is 2.15. The van der Waals surface area contributed by atoms with Crippen LogP contribution >= 0.6 is 0 Å². The highest BCUT2D eigenvalue weighted by molar-refractivity contribution is 5.90. The van der Waals surface area contributed by atoms with E-state index in [1.165, 1.54) is 0 Å². The van der Waals surface area contributed by atoms with Crippen LogP contribution in [0.3, 0.4) is 0 Å². The van der Waals surface area contributed by atoms with Crippen molar-refractivity contribution in [3.05, 3.63) is 24.3 Å². The first-order valence-electron chi connectivity index (χ1n) is 7.88. The smallest absolute Gasteiger partial charge is 0.257 e. The number of ether oxygens (including phenoxy) is 2. The molecular weight excluding hydrogens is 296 g/mol. The quantitative estimate of drug-likeness (QED) is 0.648. The maximum absolute atomic E-state index is 11.8. The minimum absolute atomic E-state index is 0.0211. The average molecular weight is 322 g/mol. The van der Waals surface area contributed by atoms with Crippen LogP contribution < -0.4 is 15.4 Å². The van der Waals surface area contributed by atoms with Crippen molar-refractivity contribution in [3.63, 3.8) is 0 Å². The fraction of sp³-hybridized carbons (Fsp3) is 0.529. The van der Waals surface area contributed by atoms with E-state index in [1.54, 1.807) is 24.3 Å². The van der Waals surface area contributed by atoms with Crippen LogP contribution in [0.4, 0.5) is 5.69 Å². The molecule has 6 heteroatoms. The van der Waals surface area contributed by atoms with Gasteiger partial charge in [0, 0.05) is 18.8 Å². The molecule has 23 heavy (non-hydrogen) atoms. The highest BCUT2D eigenvalue weighted by atomic mass is 16.5. The third kappa shape index (κ3) is 8.83. The number of hydrogen-bond donors (Lipinski definition) is 2. The zero-order valence-electron chi connectivity index (χ0n) is 14.1. The molecule has 0 aliphatic rings. The largest absolute Gasteiger partial charge is 0.484 e. The minimum atomic E-state index is -0.161. The summed E-state index contributed by atoms with van der Waals surface area (Å²) in [6, 6.07) is 6.90. The fourth-order valence-electron chi connectivity index (χ4n) is 1.74. The highest BCUT2D eigenvalue weighted by Gasteiger charge is 2.04. The fourth-order valence-corrected chi connectivity index (χ4v) is 1.74. The molecule has 0 radical (unpaired) electrons. The summed E-state index contributed by atoms with van der Waals surface area (Å²) in [5.74, 6) is 0.788. The van der Waals surface area contributed by atoms with Gasteiger partial charge in [0.25, 0.3) is 5.91 Å². The molecule has 128 valence electrons. The number of amides is 2. The Hall–Kier alpha value is -2.08. The van der Waals surface area contributed by atoms with Gasteiger partial charge in [0.05, 0.1) is 13.0 Å². The van der Waals surface area contributed by atoms with Crippen molar-refractivity contribution >= 4 is 17.5 Å². The van der Waals surface area contributed by atoms with Crippen LogP contribution in [0.25, 0.3) is 0 Å². The SMILES string of the molecule is CCNC(=O)COc1ccc(NC(=O)CCOCC(C)C)cc1. The molecule has 6 nitrogen and oxygen atoms in total. The molecule has 0 heterocycles. The number of likely N-dealkylation sites (N-methyl/N-ethyl adjacent to an activating group) is 1. The molecule has 1 rings (SSSR count). The molecule has 0 saturated heterocycles. The van der Waals surface area contributed by atoms with Crippen molar-refractivity contribution < 1.29 is 19.1 Å². The molecule has 2 N–H and O–H groups in total. The second-order valence-electron chi connectivity index (χ2n) is 5.53. The van der Waals surface area contributed by atoms with Gasteiger partial charge in [0.1, 0.15) is 5.75 Å². The van der Waals surface area contributed by atoms with Gasteiger partial charge in [-0.1, -0.05) is 13.8 Å². The lowest BCUT2D eigenvalue weighted by molar-refractivity contribution is -0.123. The van der Waals surface area contributed by atoms with Crippen LogP contribution in [0.2, 0.25) is 0 Å². The standard InChI is InChI=1S/C17H26N2O4/c1-4-18-17(21)12-23-15-7-5-14(6-8-15)19-16(20)9-10-22-11-13(2)3/h5-8,13H,4,9-12H2,1-3H3,(H,18,21)(H,19,20).